The summed E-state index contributed by atoms with van der Waals surface area (Å²) >= 11 is 0. The van der Waals surface area contributed by atoms with Crippen LogP contribution in [0.4, 0.5) is 8.78 Å². The number of aromatic nitrogens is 3. The smallest absolute Gasteiger partial charge is 0.388 e. The Labute approximate surface area is 112 Å². The van der Waals surface area contributed by atoms with Gasteiger partial charge in [-0.1, -0.05) is 0 Å². The van der Waals surface area contributed by atoms with Gasteiger partial charge in [0.2, 0.25) is 5.88 Å². The number of methoxy groups -OCH3 is 1. The number of hydrogen-bond acceptors (Lipinski definition) is 6. The number of ether oxygens (including phenoxy) is 2. The van der Waals surface area contributed by atoms with Crippen molar-refractivity contribution in [1.29, 1.82) is 0 Å². The highest BCUT2D eigenvalue weighted by molar-refractivity contribution is 5.87. The maximum Gasteiger partial charge on any atom is 0.388 e. The van der Waals surface area contributed by atoms with Crippen LogP contribution in [0.2, 0.25) is 0 Å². The third-order valence-electron chi connectivity index (χ3n) is 2.25. The fourth-order valence-corrected chi connectivity index (χ4v) is 1.39. The molecule has 2 aromatic rings. The molecule has 2 aromatic heterocycles. The van der Waals surface area contributed by atoms with E-state index in [1.165, 1.54) is 37.7 Å². The Morgan fingerprint density at radius 2 is 2.05 bits per heavy atom. The largest absolute Gasteiger partial charge is 0.464 e. The molecule has 0 N–H and O–H groups in total. The fraction of sp³-hybridized carbons (Fsp3) is 0.167. The molecule has 0 bridgehead atoms. The summed E-state index contributed by atoms with van der Waals surface area (Å²) in [5, 5.41) is 0. The van der Waals surface area contributed by atoms with Gasteiger partial charge in [-0.05, 0) is 12.1 Å². The van der Waals surface area contributed by atoms with Gasteiger partial charge in [0.15, 0.2) is 11.5 Å². The summed E-state index contributed by atoms with van der Waals surface area (Å²) in [4.78, 5) is 23.0. The van der Waals surface area contributed by atoms with Crippen LogP contribution in [0.3, 0.4) is 0 Å². The minimum atomic E-state index is -2.94. The molecule has 8 heteroatoms. The normalized spacial score (nSPS) is 10.4. The topological polar surface area (TPSA) is 74.2 Å². The van der Waals surface area contributed by atoms with Crippen molar-refractivity contribution in [1.82, 2.24) is 15.0 Å². The van der Waals surface area contributed by atoms with Gasteiger partial charge in [-0.3, -0.25) is 0 Å². The Kier molecular flexibility index (Phi) is 4.14. The summed E-state index contributed by atoms with van der Waals surface area (Å²) in [6.07, 6.45) is 2.66. The summed E-state index contributed by atoms with van der Waals surface area (Å²) in [5.74, 6) is -0.587. The zero-order chi connectivity index (χ0) is 14.5. The highest BCUT2D eigenvalue weighted by Gasteiger charge is 2.11. The molecule has 0 aliphatic rings. The number of rotatable bonds is 4. The van der Waals surface area contributed by atoms with Crippen LogP contribution in [0.1, 0.15) is 10.5 Å². The Morgan fingerprint density at radius 3 is 2.65 bits per heavy atom. The molecule has 20 heavy (non-hydrogen) atoms. The average Bonchev–Trinajstić information content (AvgIpc) is 2.47. The summed E-state index contributed by atoms with van der Waals surface area (Å²) in [6.45, 7) is -2.94. The molecule has 0 spiro atoms. The summed E-state index contributed by atoms with van der Waals surface area (Å²) in [7, 11) is 1.24. The third-order valence-corrected chi connectivity index (χ3v) is 2.25. The van der Waals surface area contributed by atoms with Gasteiger partial charge in [-0.2, -0.15) is 8.78 Å². The van der Waals surface area contributed by atoms with E-state index in [9.17, 15) is 13.6 Å². The second-order valence-corrected chi connectivity index (χ2v) is 3.52. The monoisotopic (exact) mass is 281 g/mol. The van der Waals surface area contributed by atoms with E-state index < -0.39 is 12.6 Å². The van der Waals surface area contributed by atoms with Crippen LogP contribution in [-0.4, -0.2) is 34.6 Å². The van der Waals surface area contributed by atoms with Gasteiger partial charge in [0, 0.05) is 24.0 Å². The Bertz CT molecular complexity index is 605. The lowest BCUT2D eigenvalue weighted by atomic mass is 10.2. The highest BCUT2D eigenvalue weighted by Crippen LogP contribution is 2.17. The number of pyridine rings is 1. The predicted molar refractivity (Wildman–Crippen MR) is 63.2 cm³/mol. The molecule has 104 valence electrons. The molecule has 0 fully saturated rings. The number of halogens is 2. The number of hydrogen-bond donors (Lipinski definition) is 0. The molecule has 0 saturated heterocycles. The van der Waals surface area contributed by atoms with Gasteiger partial charge in [-0.25, -0.2) is 19.7 Å². The second kappa shape index (κ2) is 6.00. The predicted octanol–water partition coefficient (Wildman–Crippen LogP) is 1.93. The SMILES string of the molecule is COC(=O)c1ccnc(-c2ccc(OC(F)F)nc2)n1. The van der Waals surface area contributed by atoms with Crippen molar-refractivity contribution in [3.05, 3.63) is 36.3 Å². The molecular formula is C12H9F2N3O3. The Balaban J connectivity index is 2.25. The van der Waals surface area contributed by atoms with Crippen molar-refractivity contribution in [2.45, 2.75) is 6.61 Å². The molecule has 0 amide bonds. The average molecular weight is 281 g/mol. The van der Waals surface area contributed by atoms with E-state index in [0.29, 0.717) is 5.56 Å². The minimum absolute atomic E-state index is 0.0883. The lowest BCUT2D eigenvalue weighted by Crippen LogP contribution is -2.06. The van der Waals surface area contributed by atoms with Crippen molar-refractivity contribution >= 4 is 5.97 Å². The molecule has 0 atom stereocenters. The second-order valence-electron chi connectivity index (χ2n) is 3.52. The zero-order valence-electron chi connectivity index (χ0n) is 10.3. The lowest BCUT2D eigenvalue weighted by molar-refractivity contribution is -0.0528. The standard InChI is InChI=1S/C12H9F2N3O3/c1-19-11(18)8-4-5-15-10(17-8)7-2-3-9(16-6-7)20-12(13)14/h2-6,12H,1H3. The van der Waals surface area contributed by atoms with Crippen LogP contribution in [0.25, 0.3) is 11.4 Å². The van der Waals surface area contributed by atoms with Crippen LogP contribution in [0.15, 0.2) is 30.6 Å². The van der Waals surface area contributed by atoms with Crippen LogP contribution in [-0.2, 0) is 4.74 Å². The van der Waals surface area contributed by atoms with Crippen molar-refractivity contribution in [2.24, 2.45) is 0 Å². The van der Waals surface area contributed by atoms with Gasteiger partial charge in [0.25, 0.3) is 0 Å². The summed E-state index contributed by atoms with van der Waals surface area (Å²) in [6, 6.07) is 4.12. The van der Waals surface area contributed by atoms with Crippen LogP contribution < -0.4 is 4.74 Å². The molecule has 0 unspecified atom stereocenters. The molecule has 2 heterocycles. The summed E-state index contributed by atoms with van der Waals surface area (Å²) < 4.78 is 32.6. The number of carbonyl (C=O) groups is 1. The van der Waals surface area contributed by atoms with Gasteiger partial charge < -0.3 is 9.47 Å². The molecule has 6 nitrogen and oxygen atoms in total. The zero-order valence-corrected chi connectivity index (χ0v) is 10.3. The number of alkyl halides is 2. The van der Waals surface area contributed by atoms with Crippen molar-refractivity contribution in [3.8, 4) is 17.3 Å². The Morgan fingerprint density at radius 1 is 1.25 bits per heavy atom. The maximum absolute atomic E-state index is 12.0. The first-order valence-electron chi connectivity index (χ1n) is 5.42. The van der Waals surface area contributed by atoms with Gasteiger partial charge >= 0.3 is 12.6 Å². The minimum Gasteiger partial charge on any atom is -0.464 e. The van der Waals surface area contributed by atoms with Gasteiger partial charge in [0.05, 0.1) is 7.11 Å². The Hall–Kier alpha value is -2.64. The van der Waals surface area contributed by atoms with Crippen molar-refractivity contribution in [3.63, 3.8) is 0 Å². The molecular weight excluding hydrogens is 272 g/mol. The van der Waals surface area contributed by atoms with E-state index in [0.717, 1.165) is 0 Å². The van der Waals surface area contributed by atoms with Crippen LogP contribution in [0, 0.1) is 0 Å². The number of carbonyl (C=O) groups excluding carboxylic acids is 1. The molecule has 0 radical (unpaired) electrons. The number of nitrogens with zero attached hydrogens (tertiary/aromatic N) is 3. The maximum atomic E-state index is 12.0. The molecule has 2 rings (SSSR count). The summed E-state index contributed by atoms with van der Waals surface area (Å²) in [5.41, 5.74) is 0.544. The van der Waals surface area contributed by atoms with E-state index in [1.54, 1.807) is 0 Å². The van der Waals surface area contributed by atoms with Crippen LogP contribution >= 0.6 is 0 Å². The van der Waals surface area contributed by atoms with E-state index in [1.807, 2.05) is 0 Å². The van der Waals surface area contributed by atoms with Gasteiger partial charge in [0.1, 0.15) is 0 Å². The van der Waals surface area contributed by atoms with Crippen LogP contribution in [0.5, 0.6) is 5.88 Å². The van der Waals surface area contributed by atoms with E-state index >= 15 is 0 Å². The van der Waals surface area contributed by atoms with Gasteiger partial charge in [-0.15, -0.1) is 0 Å². The van der Waals surface area contributed by atoms with Crippen molar-refractivity contribution < 1.29 is 23.0 Å². The van der Waals surface area contributed by atoms with Crippen molar-refractivity contribution in [2.75, 3.05) is 7.11 Å². The first kappa shape index (κ1) is 13.8. The fourth-order valence-electron chi connectivity index (χ4n) is 1.39. The highest BCUT2D eigenvalue weighted by atomic mass is 19.3. The lowest BCUT2D eigenvalue weighted by Gasteiger charge is -2.05. The molecule has 0 aliphatic carbocycles. The molecule has 0 aromatic carbocycles. The third kappa shape index (κ3) is 3.22. The quantitative estimate of drug-likeness (QED) is 0.797. The van der Waals surface area contributed by atoms with E-state index in [2.05, 4.69) is 24.4 Å². The first-order valence-corrected chi connectivity index (χ1v) is 5.42. The molecule has 0 saturated carbocycles. The van der Waals surface area contributed by atoms with E-state index in [-0.39, 0.29) is 17.4 Å². The number of esters is 1. The molecule has 0 aliphatic heterocycles. The first-order chi connectivity index (χ1) is 9.60. The van der Waals surface area contributed by atoms with E-state index in [4.69, 9.17) is 0 Å².